The molecule has 0 saturated carbocycles. The van der Waals surface area contributed by atoms with Crippen molar-refractivity contribution in [2.24, 2.45) is 0 Å². The van der Waals surface area contributed by atoms with Crippen LogP contribution in [0.2, 0.25) is 0 Å². The minimum absolute atomic E-state index is 0.0418. The van der Waals surface area contributed by atoms with Gasteiger partial charge in [0, 0.05) is 11.9 Å². The Bertz CT molecular complexity index is 1580. The number of carbonyl (C=O) groups excluding carboxylic acids is 2. The van der Waals surface area contributed by atoms with Gasteiger partial charge >= 0.3 is 5.97 Å². The lowest BCUT2D eigenvalue weighted by atomic mass is 10.1. The number of benzene rings is 3. The zero-order valence-electron chi connectivity index (χ0n) is 18.7. The summed E-state index contributed by atoms with van der Waals surface area (Å²) >= 11 is 1.40. The lowest BCUT2D eigenvalue weighted by molar-refractivity contribution is -0.121. The summed E-state index contributed by atoms with van der Waals surface area (Å²) in [5, 5.41) is 5.52. The minimum atomic E-state index is -0.792. The zero-order valence-corrected chi connectivity index (χ0v) is 19.6. The van der Waals surface area contributed by atoms with E-state index in [0.29, 0.717) is 28.1 Å². The molecule has 0 aliphatic carbocycles. The van der Waals surface area contributed by atoms with Crippen LogP contribution < -0.4 is 10.5 Å². The number of hydrogen-bond donors (Lipinski definition) is 0. The van der Waals surface area contributed by atoms with Crippen molar-refractivity contribution in [2.45, 2.75) is 6.92 Å². The Morgan fingerprint density at radius 3 is 2.37 bits per heavy atom. The molecule has 0 N–H and O–H groups in total. The normalized spacial score (nSPS) is 11.0. The summed E-state index contributed by atoms with van der Waals surface area (Å²) in [4.78, 5) is 45.0. The number of esters is 1. The highest BCUT2D eigenvalue weighted by Gasteiger charge is 2.23. The first-order valence-corrected chi connectivity index (χ1v) is 11.8. The van der Waals surface area contributed by atoms with Gasteiger partial charge in [-0.25, -0.2) is 9.78 Å². The van der Waals surface area contributed by atoms with Gasteiger partial charge in [0.05, 0.1) is 21.3 Å². The molecule has 0 unspecified atom stereocenters. The molecule has 9 heteroatoms. The van der Waals surface area contributed by atoms with Crippen molar-refractivity contribution in [3.63, 3.8) is 0 Å². The number of amides is 1. The highest BCUT2D eigenvalue weighted by Crippen LogP contribution is 2.28. The van der Waals surface area contributed by atoms with Crippen LogP contribution in [0.1, 0.15) is 17.4 Å². The summed E-state index contributed by atoms with van der Waals surface area (Å²) in [6, 6.07) is 23.1. The second kappa shape index (κ2) is 9.47. The number of rotatable bonds is 6. The summed E-state index contributed by atoms with van der Waals surface area (Å²) in [5.74, 6) is -1.19. The largest absolute Gasteiger partial charge is 0.451 e. The SMILES string of the molecule is CCN(C(=O)COC(=O)c1nn(-c2ccccc2)c(=O)c2ccccc12)c1nc2ccccc2s1. The van der Waals surface area contributed by atoms with Gasteiger partial charge in [-0.15, -0.1) is 0 Å². The zero-order chi connectivity index (χ0) is 24.4. The van der Waals surface area contributed by atoms with E-state index < -0.39 is 18.5 Å². The first-order chi connectivity index (χ1) is 17.1. The van der Waals surface area contributed by atoms with E-state index in [4.69, 9.17) is 4.74 Å². The number of thiazole rings is 1. The molecule has 8 nitrogen and oxygen atoms in total. The molecule has 0 aliphatic rings. The van der Waals surface area contributed by atoms with Crippen molar-refractivity contribution in [2.75, 3.05) is 18.1 Å². The molecule has 0 radical (unpaired) electrons. The van der Waals surface area contributed by atoms with Gasteiger partial charge in [0.1, 0.15) is 0 Å². The first-order valence-electron chi connectivity index (χ1n) is 11.0. The van der Waals surface area contributed by atoms with E-state index >= 15 is 0 Å². The number of aromatic nitrogens is 3. The van der Waals surface area contributed by atoms with Crippen molar-refractivity contribution >= 4 is 49.3 Å². The summed E-state index contributed by atoms with van der Waals surface area (Å²) in [6.45, 7) is 1.72. The molecule has 0 saturated heterocycles. The van der Waals surface area contributed by atoms with Gasteiger partial charge in [0.2, 0.25) is 0 Å². The van der Waals surface area contributed by atoms with Crippen LogP contribution in [-0.2, 0) is 9.53 Å². The molecule has 0 aliphatic heterocycles. The molecule has 0 spiro atoms. The van der Waals surface area contributed by atoms with E-state index in [1.165, 1.54) is 20.9 Å². The molecular weight excluding hydrogens is 464 g/mol. The number of anilines is 1. The molecule has 2 heterocycles. The van der Waals surface area contributed by atoms with Gasteiger partial charge in [-0.05, 0) is 37.3 Å². The molecular formula is C26H20N4O4S. The Morgan fingerprint density at radius 1 is 0.943 bits per heavy atom. The fourth-order valence-electron chi connectivity index (χ4n) is 3.75. The average Bonchev–Trinajstić information content (AvgIpc) is 3.32. The molecule has 0 bridgehead atoms. The van der Waals surface area contributed by atoms with Crippen molar-refractivity contribution in [1.29, 1.82) is 0 Å². The second-order valence-corrected chi connectivity index (χ2v) is 8.63. The number of ether oxygens (including phenoxy) is 1. The standard InChI is InChI=1S/C26H20N4O4S/c1-2-29(26-27-20-14-8-9-15-21(20)35-26)22(31)16-34-25(33)23-18-12-6-7-13-19(18)24(32)30(28-23)17-10-4-3-5-11-17/h3-15H,2,16H2,1H3. The van der Waals surface area contributed by atoms with Crippen LogP contribution in [0.4, 0.5) is 5.13 Å². The number of carbonyl (C=O) groups is 2. The van der Waals surface area contributed by atoms with E-state index in [0.717, 1.165) is 10.2 Å². The summed E-state index contributed by atoms with van der Waals surface area (Å²) in [7, 11) is 0. The average molecular weight is 485 g/mol. The molecule has 174 valence electrons. The van der Waals surface area contributed by atoms with Crippen LogP contribution in [0, 0.1) is 0 Å². The lowest BCUT2D eigenvalue weighted by Crippen LogP contribution is -2.35. The maximum Gasteiger partial charge on any atom is 0.359 e. The van der Waals surface area contributed by atoms with Gasteiger partial charge in [0.25, 0.3) is 11.5 Å². The number of para-hydroxylation sites is 2. The summed E-state index contributed by atoms with van der Waals surface area (Å²) in [5.41, 5.74) is 0.920. The minimum Gasteiger partial charge on any atom is -0.451 e. The van der Waals surface area contributed by atoms with E-state index in [2.05, 4.69) is 10.1 Å². The van der Waals surface area contributed by atoms with E-state index in [9.17, 15) is 14.4 Å². The topological polar surface area (TPSA) is 94.4 Å². The van der Waals surface area contributed by atoms with Crippen LogP contribution >= 0.6 is 11.3 Å². The molecule has 0 fully saturated rings. The Labute approximate surface area is 204 Å². The maximum atomic E-state index is 13.1. The quantitative estimate of drug-likeness (QED) is 0.335. The predicted molar refractivity (Wildman–Crippen MR) is 135 cm³/mol. The number of likely N-dealkylation sites (N-methyl/N-ethyl adjacent to an activating group) is 1. The van der Waals surface area contributed by atoms with Crippen LogP contribution in [0.15, 0.2) is 83.7 Å². The fourth-order valence-corrected chi connectivity index (χ4v) is 4.80. The van der Waals surface area contributed by atoms with E-state index in [1.807, 2.05) is 37.3 Å². The van der Waals surface area contributed by atoms with E-state index in [1.54, 1.807) is 48.5 Å². The van der Waals surface area contributed by atoms with Crippen LogP contribution in [-0.4, -0.2) is 39.8 Å². The molecule has 0 atom stereocenters. The maximum absolute atomic E-state index is 13.1. The van der Waals surface area contributed by atoms with Gasteiger partial charge in [-0.1, -0.05) is 59.9 Å². The van der Waals surface area contributed by atoms with E-state index in [-0.39, 0.29) is 11.3 Å². The predicted octanol–water partition coefficient (Wildman–Crippen LogP) is 4.21. The van der Waals surface area contributed by atoms with Crippen molar-refractivity contribution in [1.82, 2.24) is 14.8 Å². The molecule has 5 rings (SSSR count). The van der Waals surface area contributed by atoms with Gasteiger partial charge in [0.15, 0.2) is 17.4 Å². The highest BCUT2D eigenvalue weighted by molar-refractivity contribution is 7.22. The first kappa shape index (κ1) is 22.4. The van der Waals surface area contributed by atoms with Crippen LogP contribution in [0.3, 0.4) is 0 Å². The Kier molecular flexibility index (Phi) is 6.07. The smallest absolute Gasteiger partial charge is 0.359 e. The monoisotopic (exact) mass is 484 g/mol. The second-order valence-electron chi connectivity index (χ2n) is 7.62. The molecule has 2 aromatic heterocycles. The summed E-state index contributed by atoms with van der Waals surface area (Å²) in [6.07, 6.45) is 0. The third kappa shape index (κ3) is 4.29. The number of fused-ring (bicyclic) bond motifs is 2. The molecule has 5 aromatic rings. The van der Waals surface area contributed by atoms with Crippen molar-refractivity contribution in [3.05, 3.63) is 94.9 Å². The van der Waals surface area contributed by atoms with Crippen LogP contribution in [0.5, 0.6) is 0 Å². The van der Waals surface area contributed by atoms with Gasteiger partial charge in [-0.2, -0.15) is 9.78 Å². The Balaban J connectivity index is 1.43. The highest BCUT2D eigenvalue weighted by atomic mass is 32.1. The van der Waals surface area contributed by atoms with Gasteiger partial charge < -0.3 is 4.74 Å². The number of hydrogen-bond acceptors (Lipinski definition) is 7. The Hall–Kier alpha value is -4.37. The lowest BCUT2D eigenvalue weighted by Gasteiger charge is -2.17. The Morgan fingerprint density at radius 2 is 1.63 bits per heavy atom. The molecule has 35 heavy (non-hydrogen) atoms. The van der Waals surface area contributed by atoms with Crippen LogP contribution in [0.25, 0.3) is 26.7 Å². The van der Waals surface area contributed by atoms with Crippen molar-refractivity contribution < 1.29 is 14.3 Å². The fraction of sp³-hybridized carbons (Fsp3) is 0.115. The van der Waals surface area contributed by atoms with Crippen molar-refractivity contribution in [3.8, 4) is 5.69 Å². The third-order valence-electron chi connectivity index (χ3n) is 5.46. The third-order valence-corrected chi connectivity index (χ3v) is 6.52. The van der Waals surface area contributed by atoms with Gasteiger partial charge in [-0.3, -0.25) is 14.5 Å². The molecule has 1 amide bonds. The summed E-state index contributed by atoms with van der Waals surface area (Å²) < 4.78 is 7.51. The number of nitrogens with zero attached hydrogens (tertiary/aromatic N) is 4. The molecule has 3 aromatic carbocycles.